The van der Waals surface area contributed by atoms with Crippen LogP contribution in [0.25, 0.3) is 10.8 Å². The molecular formula is C26H31N7O2. The lowest BCUT2D eigenvalue weighted by Crippen LogP contribution is -2.32. The predicted molar refractivity (Wildman–Crippen MR) is 136 cm³/mol. The largest absolute Gasteiger partial charge is 0.403 e. The van der Waals surface area contributed by atoms with Gasteiger partial charge in [0.25, 0.3) is 11.8 Å². The molecule has 182 valence electrons. The van der Waals surface area contributed by atoms with Gasteiger partial charge in [0.05, 0.1) is 6.54 Å². The van der Waals surface area contributed by atoms with E-state index in [0.717, 1.165) is 29.2 Å². The fraction of sp³-hybridized carbons (Fsp3) is 0.308. The van der Waals surface area contributed by atoms with Crippen LogP contribution < -0.4 is 22.2 Å². The zero-order valence-corrected chi connectivity index (χ0v) is 19.6. The third kappa shape index (κ3) is 5.93. The number of amides is 2. The average molecular weight is 474 g/mol. The maximum absolute atomic E-state index is 13.3. The number of nitrogens with one attached hydrogen (secondary N) is 2. The lowest BCUT2D eigenvalue weighted by Gasteiger charge is -2.21. The summed E-state index contributed by atoms with van der Waals surface area (Å²) in [6.45, 7) is 1.03. The van der Waals surface area contributed by atoms with Crippen molar-refractivity contribution in [3.63, 3.8) is 0 Å². The maximum atomic E-state index is 13.3. The van der Waals surface area contributed by atoms with Crippen molar-refractivity contribution in [3.8, 4) is 0 Å². The second kappa shape index (κ2) is 11.4. The first-order valence-electron chi connectivity index (χ1n) is 11.9. The van der Waals surface area contributed by atoms with Gasteiger partial charge in [-0.25, -0.2) is 15.8 Å². The Morgan fingerprint density at radius 1 is 1.00 bits per heavy atom. The maximum Gasteiger partial charge on any atom is 0.273 e. The van der Waals surface area contributed by atoms with Crippen LogP contribution in [0.4, 0.5) is 5.82 Å². The van der Waals surface area contributed by atoms with Crippen LogP contribution in [0.2, 0.25) is 0 Å². The normalized spacial score (nSPS) is 14.2. The van der Waals surface area contributed by atoms with Gasteiger partial charge in [-0.1, -0.05) is 49.6 Å². The number of fused-ring (bicyclic) bond motifs is 1. The Morgan fingerprint density at radius 2 is 1.74 bits per heavy atom. The van der Waals surface area contributed by atoms with Gasteiger partial charge in [-0.3, -0.25) is 9.59 Å². The van der Waals surface area contributed by atoms with Crippen molar-refractivity contribution < 1.29 is 9.59 Å². The van der Waals surface area contributed by atoms with E-state index in [1.54, 1.807) is 12.3 Å². The molecule has 0 unspecified atom stereocenters. The van der Waals surface area contributed by atoms with Crippen LogP contribution in [-0.2, 0) is 6.54 Å². The fourth-order valence-corrected chi connectivity index (χ4v) is 4.54. The first kappa shape index (κ1) is 24.2. The quantitative estimate of drug-likeness (QED) is 0.291. The van der Waals surface area contributed by atoms with Gasteiger partial charge in [-0.05, 0) is 41.2 Å². The van der Waals surface area contributed by atoms with Crippen molar-refractivity contribution in [1.82, 2.24) is 20.3 Å². The zero-order valence-electron chi connectivity index (χ0n) is 19.6. The summed E-state index contributed by atoms with van der Waals surface area (Å²) in [6.07, 6.45) is 11.8. The van der Waals surface area contributed by atoms with E-state index in [1.165, 1.54) is 42.9 Å². The van der Waals surface area contributed by atoms with Gasteiger partial charge in [-0.2, -0.15) is 0 Å². The molecule has 0 saturated heterocycles. The Morgan fingerprint density at radius 3 is 2.51 bits per heavy atom. The number of aromatic nitrogens is 2. The minimum Gasteiger partial charge on any atom is -0.403 e. The van der Waals surface area contributed by atoms with Gasteiger partial charge in [0.15, 0.2) is 11.5 Å². The molecular weight excluding hydrogens is 442 g/mol. The summed E-state index contributed by atoms with van der Waals surface area (Å²) in [4.78, 5) is 34.5. The molecule has 2 aromatic carbocycles. The lowest BCUT2D eigenvalue weighted by molar-refractivity contribution is 0.0939. The highest BCUT2D eigenvalue weighted by Gasteiger charge is 2.20. The third-order valence-corrected chi connectivity index (χ3v) is 6.31. The summed E-state index contributed by atoms with van der Waals surface area (Å²) in [6, 6.07) is 11.2. The van der Waals surface area contributed by atoms with Gasteiger partial charge in [0, 0.05) is 36.9 Å². The highest BCUT2D eigenvalue weighted by atomic mass is 16.2. The molecule has 1 aromatic heterocycles. The molecule has 4 rings (SSSR count). The number of carbonyl (C=O) groups excluding carboxylic acids is 2. The smallest absolute Gasteiger partial charge is 0.273 e. The monoisotopic (exact) mass is 473 g/mol. The van der Waals surface area contributed by atoms with E-state index < -0.39 is 0 Å². The first-order valence-corrected chi connectivity index (χ1v) is 11.9. The molecule has 6 N–H and O–H groups in total. The summed E-state index contributed by atoms with van der Waals surface area (Å²) in [5, 5.41) is 8.88. The highest BCUT2D eigenvalue weighted by molar-refractivity contribution is 6.14. The van der Waals surface area contributed by atoms with Crippen LogP contribution in [0.5, 0.6) is 0 Å². The summed E-state index contributed by atoms with van der Waals surface area (Å²) >= 11 is 0. The standard InChI is InChI=1S/C26H31N7O2/c27-12-15-33(28)17-19-10-11-22(21-9-5-4-8-20(19)21)25(34)32-24-23(29-13-14-30-24)26(35)31-16-18-6-2-1-3-7-18/h4-5,8-15,18H,1-3,6-7,16-17,27-28H2,(H,31,35)(H,30,32,34)/b15-12-. The van der Waals surface area contributed by atoms with Crippen LogP contribution in [0, 0.1) is 5.92 Å². The molecule has 0 aliphatic heterocycles. The van der Waals surface area contributed by atoms with E-state index in [1.807, 2.05) is 30.3 Å². The Labute approximate surface area is 204 Å². The minimum absolute atomic E-state index is 0.102. The van der Waals surface area contributed by atoms with Gasteiger partial charge < -0.3 is 21.4 Å². The minimum atomic E-state index is -0.374. The molecule has 9 heteroatoms. The number of hydrogen-bond acceptors (Lipinski definition) is 7. The number of hydrazine groups is 1. The second-order valence-corrected chi connectivity index (χ2v) is 8.75. The molecule has 9 nitrogen and oxygen atoms in total. The lowest BCUT2D eigenvalue weighted by atomic mass is 9.89. The van der Waals surface area contributed by atoms with Crippen LogP contribution in [0.15, 0.2) is 61.2 Å². The number of nitrogens with two attached hydrogens (primary N) is 2. The van der Waals surface area contributed by atoms with Gasteiger partial charge in [0.2, 0.25) is 0 Å². The summed E-state index contributed by atoms with van der Waals surface area (Å²) < 4.78 is 0. The highest BCUT2D eigenvalue weighted by Crippen LogP contribution is 2.25. The molecule has 2 amide bonds. The Hall–Kier alpha value is -3.98. The van der Waals surface area contributed by atoms with E-state index in [2.05, 4.69) is 20.6 Å². The number of hydrogen-bond donors (Lipinski definition) is 4. The SMILES string of the molecule is N/C=C\N(N)Cc1ccc(C(=O)Nc2nccnc2C(=O)NCC2CCCCC2)c2ccccc12. The van der Waals surface area contributed by atoms with Crippen molar-refractivity contribution in [2.45, 2.75) is 38.6 Å². The second-order valence-electron chi connectivity index (χ2n) is 8.75. The van der Waals surface area contributed by atoms with Crippen molar-refractivity contribution in [2.75, 3.05) is 11.9 Å². The molecule has 1 saturated carbocycles. The van der Waals surface area contributed by atoms with E-state index >= 15 is 0 Å². The number of anilines is 1. The van der Waals surface area contributed by atoms with Crippen LogP contribution in [-0.4, -0.2) is 33.3 Å². The Bertz CT molecular complexity index is 1220. The van der Waals surface area contributed by atoms with E-state index in [9.17, 15) is 9.59 Å². The van der Waals surface area contributed by atoms with E-state index in [-0.39, 0.29) is 23.3 Å². The number of benzene rings is 2. The topological polar surface area (TPSA) is 139 Å². The van der Waals surface area contributed by atoms with Gasteiger partial charge in [-0.15, -0.1) is 0 Å². The van der Waals surface area contributed by atoms with E-state index in [0.29, 0.717) is 24.6 Å². The van der Waals surface area contributed by atoms with Crippen LogP contribution in [0.3, 0.4) is 0 Å². The van der Waals surface area contributed by atoms with Crippen LogP contribution >= 0.6 is 0 Å². The summed E-state index contributed by atoms with van der Waals surface area (Å²) in [7, 11) is 0. The van der Waals surface area contributed by atoms with Crippen molar-refractivity contribution >= 4 is 28.4 Å². The molecule has 3 aromatic rings. The molecule has 0 spiro atoms. The molecule has 0 radical (unpaired) electrons. The summed E-state index contributed by atoms with van der Waals surface area (Å²) in [5.74, 6) is 5.86. The van der Waals surface area contributed by atoms with Crippen molar-refractivity contribution in [1.29, 1.82) is 0 Å². The van der Waals surface area contributed by atoms with Crippen molar-refractivity contribution in [3.05, 3.63) is 78.0 Å². The third-order valence-electron chi connectivity index (χ3n) is 6.31. The Balaban J connectivity index is 1.53. The molecule has 1 fully saturated rings. The van der Waals surface area contributed by atoms with Gasteiger partial charge >= 0.3 is 0 Å². The van der Waals surface area contributed by atoms with Crippen LogP contribution in [0.1, 0.15) is 58.5 Å². The molecule has 35 heavy (non-hydrogen) atoms. The first-order chi connectivity index (χ1) is 17.1. The molecule has 0 atom stereocenters. The molecule has 0 bridgehead atoms. The molecule has 1 aliphatic carbocycles. The van der Waals surface area contributed by atoms with E-state index in [4.69, 9.17) is 11.6 Å². The zero-order chi connectivity index (χ0) is 24.6. The fourth-order valence-electron chi connectivity index (χ4n) is 4.54. The number of rotatable bonds is 8. The average Bonchev–Trinajstić information content (AvgIpc) is 2.88. The molecule has 1 aliphatic rings. The van der Waals surface area contributed by atoms with Crippen molar-refractivity contribution in [2.24, 2.45) is 17.5 Å². The number of nitrogens with zero attached hydrogens (tertiary/aromatic N) is 3. The Kier molecular flexibility index (Phi) is 7.89. The van der Waals surface area contributed by atoms with Gasteiger partial charge in [0.1, 0.15) is 0 Å². The summed E-state index contributed by atoms with van der Waals surface area (Å²) in [5.41, 5.74) is 6.93. The number of carbonyl (C=O) groups is 2. The predicted octanol–water partition coefficient (Wildman–Crippen LogP) is 3.30. The molecule has 1 heterocycles.